The fraction of sp³-hybridized carbons (Fsp3) is 0.615. The summed E-state index contributed by atoms with van der Waals surface area (Å²) in [6.07, 6.45) is 4.43. The summed E-state index contributed by atoms with van der Waals surface area (Å²) in [5.74, 6) is 0.929. The molecule has 94 valence electrons. The molecule has 0 aromatic carbocycles. The molecule has 0 spiro atoms. The number of aromatic nitrogens is 1. The Kier molecular flexibility index (Phi) is 3.84. The van der Waals surface area contributed by atoms with Crippen LogP contribution in [0.25, 0.3) is 0 Å². The molecule has 1 aromatic heterocycles. The molecule has 1 atom stereocenters. The first kappa shape index (κ1) is 12.2. The van der Waals surface area contributed by atoms with E-state index in [1.807, 2.05) is 13.2 Å². The molecule has 1 aromatic rings. The number of hydrogen-bond donors (Lipinski definition) is 1. The number of piperidine rings is 1. The van der Waals surface area contributed by atoms with E-state index in [-0.39, 0.29) is 0 Å². The monoisotopic (exact) mass is 234 g/mol. The molecular formula is C13H22N4. The van der Waals surface area contributed by atoms with Gasteiger partial charge in [-0.25, -0.2) is 4.98 Å². The highest BCUT2D eigenvalue weighted by atomic mass is 15.2. The van der Waals surface area contributed by atoms with Gasteiger partial charge in [0.1, 0.15) is 5.82 Å². The molecule has 0 bridgehead atoms. The van der Waals surface area contributed by atoms with Gasteiger partial charge in [0.05, 0.1) is 0 Å². The summed E-state index contributed by atoms with van der Waals surface area (Å²) in [5, 5.41) is 3.09. The molecule has 2 rings (SSSR count). The zero-order valence-corrected chi connectivity index (χ0v) is 11.0. The Morgan fingerprint density at radius 3 is 3.06 bits per heavy atom. The molecular weight excluding hydrogens is 212 g/mol. The molecule has 1 fully saturated rings. The number of anilines is 2. The number of nitrogens with zero attached hydrogens (tertiary/aromatic N) is 3. The van der Waals surface area contributed by atoms with Crippen LogP contribution >= 0.6 is 0 Å². The van der Waals surface area contributed by atoms with Crippen molar-refractivity contribution in [1.29, 1.82) is 0 Å². The van der Waals surface area contributed by atoms with Crippen molar-refractivity contribution in [2.45, 2.75) is 18.9 Å². The van der Waals surface area contributed by atoms with Crippen LogP contribution in [0.3, 0.4) is 0 Å². The molecule has 0 amide bonds. The molecule has 1 aliphatic heterocycles. The van der Waals surface area contributed by atoms with Gasteiger partial charge in [-0.1, -0.05) is 0 Å². The van der Waals surface area contributed by atoms with Gasteiger partial charge in [0.2, 0.25) is 0 Å². The van der Waals surface area contributed by atoms with Crippen molar-refractivity contribution in [3.63, 3.8) is 0 Å². The molecule has 1 aliphatic rings. The normalized spacial score (nSPS) is 21.2. The fourth-order valence-corrected chi connectivity index (χ4v) is 2.44. The molecule has 0 radical (unpaired) electrons. The number of pyridine rings is 1. The van der Waals surface area contributed by atoms with Crippen LogP contribution in [0.2, 0.25) is 0 Å². The maximum atomic E-state index is 4.25. The minimum atomic E-state index is 0.612. The molecule has 4 heteroatoms. The molecule has 4 nitrogen and oxygen atoms in total. The van der Waals surface area contributed by atoms with Crippen LogP contribution in [0, 0.1) is 0 Å². The van der Waals surface area contributed by atoms with Gasteiger partial charge in [-0.05, 0) is 32.5 Å². The third kappa shape index (κ3) is 2.88. The highest BCUT2D eigenvalue weighted by Crippen LogP contribution is 2.22. The first-order valence-electron chi connectivity index (χ1n) is 6.26. The molecule has 1 N–H and O–H groups in total. The lowest BCUT2D eigenvalue weighted by Gasteiger charge is -2.37. The summed E-state index contributed by atoms with van der Waals surface area (Å²) < 4.78 is 0. The van der Waals surface area contributed by atoms with Crippen molar-refractivity contribution in [3.05, 3.63) is 18.3 Å². The quantitative estimate of drug-likeness (QED) is 0.862. The van der Waals surface area contributed by atoms with Crippen molar-refractivity contribution in [2.24, 2.45) is 0 Å². The molecule has 1 saturated heterocycles. The average Bonchev–Trinajstić information content (AvgIpc) is 2.38. The maximum Gasteiger partial charge on any atom is 0.127 e. The second-order valence-corrected chi connectivity index (χ2v) is 4.82. The van der Waals surface area contributed by atoms with E-state index < -0.39 is 0 Å². The SMILES string of the molecule is CNc1cc(N(C)C2CCCN(C)C2)ccn1. The van der Waals surface area contributed by atoms with Gasteiger partial charge < -0.3 is 15.1 Å². The van der Waals surface area contributed by atoms with E-state index in [1.54, 1.807) is 0 Å². The average molecular weight is 234 g/mol. The van der Waals surface area contributed by atoms with E-state index in [2.05, 4.69) is 46.3 Å². The van der Waals surface area contributed by atoms with E-state index >= 15 is 0 Å². The highest BCUT2D eigenvalue weighted by Gasteiger charge is 2.21. The van der Waals surface area contributed by atoms with Gasteiger partial charge in [0, 0.05) is 44.6 Å². The van der Waals surface area contributed by atoms with Crippen molar-refractivity contribution < 1.29 is 0 Å². The third-order valence-corrected chi connectivity index (χ3v) is 3.55. The van der Waals surface area contributed by atoms with Crippen LogP contribution in [-0.4, -0.2) is 50.2 Å². The molecule has 1 unspecified atom stereocenters. The summed E-state index contributed by atoms with van der Waals surface area (Å²) >= 11 is 0. The largest absolute Gasteiger partial charge is 0.373 e. The predicted octanol–water partition coefficient (Wildman–Crippen LogP) is 1.65. The Bertz CT molecular complexity index is 366. The van der Waals surface area contributed by atoms with Gasteiger partial charge in [-0.3, -0.25) is 0 Å². The van der Waals surface area contributed by atoms with Crippen molar-refractivity contribution in [3.8, 4) is 0 Å². The van der Waals surface area contributed by atoms with Crippen LogP contribution in [0.15, 0.2) is 18.3 Å². The summed E-state index contributed by atoms with van der Waals surface area (Å²) in [4.78, 5) is 9.03. The highest BCUT2D eigenvalue weighted by molar-refractivity contribution is 5.53. The summed E-state index contributed by atoms with van der Waals surface area (Å²) in [7, 11) is 6.28. The standard InChI is InChI=1S/C13H22N4/c1-14-13-9-11(6-7-15-13)17(3)12-5-4-8-16(2)10-12/h6-7,9,12H,4-5,8,10H2,1-3H3,(H,14,15). The Labute approximate surface area is 104 Å². The van der Waals surface area contributed by atoms with Gasteiger partial charge in [0.25, 0.3) is 0 Å². The summed E-state index contributed by atoms with van der Waals surface area (Å²) in [6.45, 7) is 2.37. The van der Waals surface area contributed by atoms with Gasteiger partial charge in [0.15, 0.2) is 0 Å². The van der Waals surface area contributed by atoms with Crippen molar-refractivity contribution >= 4 is 11.5 Å². The second-order valence-electron chi connectivity index (χ2n) is 4.82. The summed E-state index contributed by atoms with van der Waals surface area (Å²) in [5.41, 5.74) is 1.24. The van der Waals surface area contributed by atoms with Crippen molar-refractivity contribution in [2.75, 3.05) is 44.4 Å². The van der Waals surface area contributed by atoms with E-state index in [0.717, 1.165) is 12.4 Å². The Morgan fingerprint density at radius 1 is 1.53 bits per heavy atom. The number of hydrogen-bond acceptors (Lipinski definition) is 4. The number of likely N-dealkylation sites (N-methyl/N-ethyl adjacent to an activating group) is 2. The van der Waals surface area contributed by atoms with Crippen LogP contribution in [0.5, 0.6) is 0 Å². The van der Waals surface area contributed by atoms with Crippen LogP contribution < -0.4 is 10.2 Å². The molecule has 17 heavy (non-hydrogen) atoms. The Hall–Kier alpha value is -1.29. The summed E-state index contributed by atoms with van der Waals surface area (Å²) in [6, 6.07) is 4.80. The van der Waals surface area contributed by atoms with Gasteiger partial charge in [-0.2, -0.15) is 0 Å². The molecule has 0 aliphatic carbocycles. The Balaban J connectivity index is 2.09. The lowest BCUT2D eigenvalue weighted by molar-refractivity contribution is 0.248. The Morgan fingerprint density at radius 2 is 2.35 bits per heavy atom. The number of rotatable bonds is 3. The minimum absolute atomic E-state index is 0.612. The first-order valence-corrected chi connectivity index (χ1v) is 6.26. The third-order valence-electron chi connectivity index (χ3n) is 3.55. The second kappa shape index (κ2) is 5.36. The molecule has 2 heterocycles. The zero-order valence-electron chi connectivity index (χ0n) is 11.0. The van der Waals surface area contributed by atoms with E-state index in [0.29, 0.717) is 6.04 Å². The van der Waals surface area contributed by atoms with Crippen LogP contribution in [0.4, 0.5) is 11.5 Å². The van der Waals surface area contributed by atoms with E-state index in [1.165, 1.54) is 25.1 Å². The number of nitrogens with one attached hydrogen (secondary N) is 1. The van der Waals surface area contributed by atoms with Gasteiger partial charge in [-0.15, -0.1) is 0 Å². The predicted molar refractivity (Wildman–Crippen MR) is 72.7 cm³/mol. The lowest BCUT2D eigenvalue weighted by Crippen LogP contribution is -2.45. The van der Waals surface area contributed by atoms with Crippen molar-refractivity contribution in [1.82, 2.24) is 9.88 Å². The first-order chi connectivity index (χ1) is 8.20. The minimum Gasteiger partial charge on any atom is -0.373 e. The van der Waals surface area contributed by atoms with Crippen LogP contribution in [-0.2, 0) is 0 Å². The lowest BCUT2D eigenvalue weighted by atomic mass is 10.0. The topological polar surface area (TPSA) is 31.4 Å². The zero-order chi connectivity index (χ0) is 12.3. The van der Waals surface area contributed by atoms with Crippen LogP contribution in [0.1, 0.15) is 12.8 Å². The smallest absolute Gasteiger partial charge is 0.127 e. The molecule has 0 saturated carbocycles. The fourth-order valence-electron chi connectivity index (χ4n) is 2.44. The number of likely N-dealkylation sites (tertiary alicyclic amines) is 1. The van der Waals surface area contributed by atoms with E-state index in [9.17, 15) is 0 Å². The maximum absolute atomic E-state index is 4.25. The van der Waals surface area contributed by atoms with E-state index in [4.69, 9.17) is 0 Å². The van der Waals surface area contributed by atoms with Gasteiger partial charge >= 0.3 is 0 Å².